The second kappa shape index (κ2) is 4.73. The summed E-state index contributed by atoms with van der Waals surface area (Å²) in [5.74, 6) is 0.0812. The predicted molar refractivity (Wildman–Crippen MR) is 69.2 cm³/mol. The van der Waals surface area contributed by atoms with Crippen molar-refractivity contribution in [2.45, 2.75) is 6.92 Å². The highest BCUT2D eigenvalue weighted by Crippen LogP contribution is 2.18. The average Bonchev–Trinajstić information content (AvgIpc) is 2.27. The van der Waals surface area contributed by atoms with Gasteiger partial charge in [0.25, 0.3) is 0 Å². The van der Waals surface area contributed by atoms with Crippen LogP contribution >= 0.6 is 22.6 Å². The molecule has 2 rings (SSSR count). The normalized spacial score (nSPS) is 10.2. The minimum absolute atomic E-state index is 0.312. The van der Waals surface area contributed by atoms with E-state index in [1.165, 1.54) is 6.07 Å². The Morgan fingerprint density at radius 2 is 1.94 bits per heavy atom. The summed E-state index contributed by atoms with van der Waals surface area (Å²) in [6, 6.07) is 4.86. The molecule has 0 aliphatic heterocycles. The summed E-state index contributed by atoms with van der Waals surface area (Å²) in [4.78, 5) is 8.10. The number of rotatable bonds is 2. The first-order valence-electron chi connectivity index (χ1n) is 4.66. The predicted octanol–water partition coefficient (Wildman–Crippen LogP) is 3.27. The summed E-state index contributed by atoms with van der Waals surface area (Å²) < 4.78 is 14.4. The lowest BCUT2D eigenvalue weighted by molar-refractivity contribution is 0.631. The first-order valence-corrected chi connectivity index (χ1v) is 5.74. The van der Waals surface area contributed by atoms with Crippen molar-refractivity contribution in [2.24, 2.45) is 0 Å². The van der Waals surface area contributed by atoms with E-state index in [4.69, 9.17) is 0 Å². The number of anilines is 2. The van der Waals surface area contributed by atoms with E-state index in [0.717, 1.165) is 9.13 Å². The van der Waals surface area contributed by atoms with Gasteiger partial charge in [-0.2, -0.15) is 0 Å². The molecular formula is C11H9FIN3. The van der Waals surface area contributed by atoms with Crippen LogP contribution in [-0.4, -0.2) is 9.97 Å². The quantitative estimate of drug-likeness (QED) is 0.860. The van der Waals surface area contributed by atoms with Crippen molar-refractivity contribution in [3.63, 3.8) is 0 Å². The van der Waals surface area contributed by atoms with Crippen LogP contribution in [0.15, 0.2) is 30.6 Å². The Labute approximate surface area is 106 Å². The zero-order valence-electron chi connectivity index (χ0n) is 8.54. The molecule has 1 N–H and O–H groups in total. The summed E-state index contributed by atoms with van der Waals surface area (Å²) >= 11 is 2.11. The molecule has 0 fully saturated rings. The third-order valence-electron chi connectivity index (χ3n) is 1.99. The fraction of sp³-hybridized carbons (Fsp3) is 0.0909. The number of hydrogen-bond acceptors (Lipinski definition) is 3. The molecular weight excluding hydrogens is 320 g/mol. The molecule has 3 nitrogen and oxygen atoms in total. The summed E-state index contributed by atoms with van der Waals surface area (Å²) in [6.45, 7) is 1.90. The first kappa shape index (κ1) is 11.3. The average molecular weight is 329 g/mol. The highest BCUT2D eigenvalue weighted by molar-refractivity contribution is 14.1. The van der Waals surface area contributed by atoms with Crippen molar-refractivity contribution in [1.29, 1.82) is 0 Å². The molecule has 82 valence electrons. The molecule has 1 heterocycles. The Morgan fingerprint density at radius 1 is 1.25 bits per heavy atom. The van der Waals surface area contributed by atoms with Crippen LogP contribution in [-0.2, 0) is 0 Å². The summed E-state index contributed by atoms with van der Waals surface area (Å²) in [5.41, 5.74) is 1.37. The van der Waals surface area contributed by atoms with Gasteiger partial charge in [0, 0.05) is 16.0 Å². The van der Waals surface area contributed by atoms with Crippen LogP contribution in [0.5, 0.6) is 0 Å². The molecule has 0 saturated carbocycles. The smallest absolute Gasteiger partial charge is 0.227 e. The Kier molecular flexibility index (Phi) is 3.33. The molecule has 5 heteroatoms. The maximum atomic E-state index is 13.4. The molecule has 0 amide bonds. The fourth-order valence-electron chi connectivity index (χ4n) is 1.23. The van der Waals surface area contributed by atoms with Gasteiger partial charge in [-0.25, -0.2) is 14.4 Å². The zero-order valence-corrected chi connectivity index (χ0v) is 10.7. The van der Waals surface area contributed by atoms with Crippen LogP contribution in [0.1, 0.15) is 5.56 Å². The third-order valence-corrected chi connectivity index (χ3v) is 2.55. The number of halogens is 2. The Hall–Kier alpha value is -1.24. The van der Waals surface area contributed by atoms with E-state index in [9.17, 15) is 4.39 Å². The van der Waals surface area contributed by atoms with Crippen molar-refractivity contribution in [2.75, 3.05) is 5.32 Å². The van der Waals surface area contributed by atoms with Gasteiger partial charge < -0.3 is 5.32 Å². The molecule has 2 aromatic rings. The van der Waals surface area contributed by atoms with Gasteiger partial charge in [0.15, 0.2) is 0 Å². The van der Waals surface area contributed by atoms with Gasteiger partial charge in [0.2, 0.25) is 5.95 Å². The lowest BCUT2D eigenvalue weighted by atomic mass is 10.2. The maximum absolute atomic E-state index is 13.4. The Morgan fingerprint density at radius 3 is 2.62 bits per heavy atom. The maximum Gasteiger partial charge on any atom is 0.227 e. The number of nitrogens with zero attached hydrogens (tertiary/aromatic N) is 2. The molecule has 0 unspecified atom stereocenters. The number of benzene rings is 1. The van der Waals surface area contributed by atoms with Crippen molar-refractivity contribution >= 4 is 34.2 Å². The summed E-state index contributed by atoms with van der Waals surface area (Å²) in [7, 11) is 0. The molecule has 0 spiro atoms. The van der Waals surface area contributed by atoms with Crippen LogP contribution in [0, 0.1) is 16.3 Å². The highest BCUT2D eigenvalue weighted by atomic mass is 127. The van der Waals surface area contributed by atoms with Gasteiger partial charge in [0.05, 0.1) is 5.69 Å². The lowest BCUT2D eigenvalue weighted by Crippen LogP contribution is -1.99. The van der Waals surface area contributed by atoms with Crippen molar-refractivity contribution in [3.05, 3.63) is 45.5 Å². The third kappa shape index (κ3) is 2.66. The van der Waals surface area contributed by atoms with Gasteiger partial charge in [0.1, 0.15) is 5.82 Å². The number of aryl methyl sites for hydroxylation is 1. The summed E-state index contributed by atoms with van der Waals surface area (Å²) in [6.07, 6.45) is 3.34. The number of aromatic nitrogens is 2. The Bertz CT molecular complexity index is 499. The minimum atomic E-state index is -0.312. The van der Waals surface area contributed by atoms with Crippen molar-refractivity contribution in [1.82, 2.24) is 9.97 Å². The summed E-state index contributed by atoms with van der Waals surface area (Å²) in [5, 5.41) is 2.84. The van der Waals surface area contributed by atoms with Gasteiger partial charge in [-0.05, 0) is 47.2 Å². The van der Waals surface area contributed by atoms with Gasteiger partial charge in [-0.3, -0.25) is 0 Å². The first-order chi connectivity index (χ1) is 7.65. The van der Waals surface area contributed by atoms with Crippen LogP contribution in [0.25, 0.3) is 0 Å². The van der Waals surface area contributed by atoms with Crippen LogP contribution < -0.4 is 5.32 Å². The SMILES string of the molecule is Cc1ccc(F)c(Nc2ncc(I)cn2)c1. The van der Waals surface area contributed by atoms with Crippen LogP contribution in [0.4, 0.5) is 16.0 Å². The molecule has 1 aromatic heterocycles. The standard InChI is InChI=1S/C11H9FIN3/c1-7-2-3-9(12)10(4-7)16-11-14-5-8(13)6-15-11/h2-6H,1H3,(H,14,15,16). The molecule has 0 radical (unpaired) electrons. The molecule has 0 aliphatic rings. The van der Waals surface area contributed by atoms with Crippen molar-refractivity contribution in [3.8, 4) is 0 Å². The van der Waals surface area contributed by atoms with Crippen molar-refractivity contribution < 1.29 is 4.39 Å². The molecule has 16 heavy (non-hydrogen) atoms. The lowest BCUT2D eigenvalue weighted by Gasteiger charge is -2.06. The molecule has 0 bridgehead atoms. The van der Waals surface area contributed by atoms with E-state index in [-0.39, 0.29) is 5.82 Å². The largest absolute Gasteiger partial charge is 0.322 e. The van der Waals surface area contributed by atoms with Gasteiger partial charge >= 0.3 is 0 Å². The second-order valence-corrected chi connectivity index (χ2v) is 4.58. The topological polar surface area (TPSA) is 37.8 Å². The molecule has 0 aliphatic carbocycles. The number of hydrogen-bond donors (Lipinski definition) is 1. The zero-order chi connectivity index (χ0) is 11.5. The second-order valence-electron chi connectivity index (χ2n) is 3.33. The van der Waals surface area contributed by atoms with E-state index in [0.29, 0.717) is 11.6 Å². The highest BCUT2D eigenvalue weighted by Gasteiger charge is 2.03. The minimum Gasteiger partial charge on any atom is -0.322 e. The van der Waals surface area contributed by atoms with E-state index >= 15 is 0 Å². The van der Waals surface area contributed by atoms with E-state index in [1.807, 2.05) is 6.92 Å². The van der Waals surface area contributed by atoms with Crippen LogP contribution in [0.2, 0.25) is 0 Å². The van der Waals surface area contributed by atoms with E-state index in [2.05, 4.69) is 37.9 Å². The number of nitrogens with one attached hydrogen (secondary N) is 1. The molecule has 1 aromatic carbocycles. The molecule has 0 atom stereocenters. The van der Waals surface area contributed by atoms with E-state index < -0.39 is 0 Å². The fourth-order valence-corrected chi connectivity index (χ4v) is 1.51. The van der Waals surface area contributed by atoms with Crippen LogP contribution in [0.3, 0.4) is 0 Å². The van der Waals surface area contributed by atoms with Gasteiger partial charge in [-0.15, -0.1) is 0 Å². The van der Waals surface area contributed by atoms with Gasteiger partial charge in [-0.1, -0.05) is 6.07 Å². The molecule has 0 saturated heterocycles. The monoisotopic (exact) mass is 329 g/mol. The van der Waals surface area contributed by atoms with E-state index in [1.54, 1.807) is 24.5 Å². The Balaban J connectivity index is 2.26.